The minimum absolute atomic E-state index is 2.31. The Kier molecular flexibility index (Phi) is 1.71. The first-order valence-corrected chi connectivity index (χ1v) is 3.95. The molecular formula is C3F6O3S. The van der Waals surface area contributed by atoms with Crippen LogP contribution in [0.1, 0.15) is 0 Å². The van der Waals surface area contributed by atoms with Crippen LogP contribution in [-0.4, -0.2) is 25.7 Å². The van der Waals surface area contributed by atoms with Crippen molar-refractivity contribution < 1.29 is 38.9 Å². The number of alkyl halides is 6. The van der Waals surface area contributed by atoms with E-state index in [1.165, 1.54) is 0 Å². The summed E-state index contributed by atoms with van der Waals surface area (Å²) < 4.78 is 94.1. The predicted octanol–water partition coefficient (Wildman–Crippen LogP) is 1.17. The second kappa shape index (κ2) is 2.11. The van der Waals surface area contributed by atoms with Crippen LogP contribution in [0.3, 0.4) is 0 Å². The Bertz CT molecular complexity index is 331. The Morgan fingerprint density at radius 3 is 1.38 bits per heavy atom. The monoisotopic (exact) mass is 230 g/mol. The Labute approximate surface area is 67.4 Å². The van der Waals surface area contributed by atoms with Crippen LogP contribution in [0.2, 0.25) is 0 Å². The molecule has 1 fully saturated rings. The van der Waals surface area contributed by atoms with E-state index in [4.69, 9.17) is 0 Å². The van der Waals surface area contributed by atoms with Gasteiger partial charge in [-0.2, -0.15) is 38.9 Å². The van der Waals surface area contributed by atoms with E-state index in [-0.39, 0.29) is 0 Å². The first-order valence-electron chi connectivity index (χ1n) is 2.54. The second-order valence-electron chi connectivity index (χ2n) is 2.15. The molecule has 0 bridgehead atoms. The second-order valence-corrected chi connectivity index (χ2v) is 3.73. The molecule has 10 heteroatoms. The summed E-state index contributed by atoms with van der Waals surface area (Å²) in [5.41, 5.74) is 0. The smallest absolute Gasteiger partial charge is 0.192 e. The summed E-state index contributed by atoms with van der Waals surface area (Å²) in [4.78, 5) is 0. The fourth-order valence-corrected chi connectivity index (χ4v) is 1.49. The van der Waals surface area contributed by atoms with Gasteiger partial charge in [-0.15, -0.1) is 0 Å². The van der Waals surface area contributed by atoms with Gasteiger partial charge in [-0.25, -0.2) is 0 Å². The molecule has 0 unspecified atom stereocenters. The molecule has 0 amide bonds. The lowest BCUT2D eigenvalue weighted by Crippen LogP contribution is -2.48. The van der Waals surface area contributed by atoms with Gasteiger partial charge in [-0.05, 0) is 0 Å². The summed E-state index contributed by atoms with van der Waals surface area (Å²) in [6.07, 6.45) is -5.71. The normalized spacial score (nSPS) is 33.1. The summed E-state index contributed by atoms with van der Waals surface area (Å²) in [6.45, 7) is 0. The molecule has 13 heavy (non-hydrogen) atoms. The van der Waals surface area contributed by atoms with Crippen molar-refractivity contribution in [3.63, 3.8) is 0 Å². The van der Waals surface area contributed by atoms with Crippen molar-refractivity contribution in [1.29, 1.82) is 0 Å². The zero-order valence-corrected chi connectivity index (χ0v) is 6.22. The SMILES string of the molecule is O=S1(=O)OC(F)(F)C(F)(F)C1(F)F. The highest BCUT2D eigenvalue weighted by atomic mass is 32.2. The molecular weight excluding hydrogens is 230 g/mol. The van der Waals surface area contributed by atoms with Crippen LogP contribution >= 0.6 is 0 Å². The van der Waals surface area contributed by atoms with Gasteiger partial charge in [0.1, 0.15) is 0 Å². The summed E-state index contributed by atoms with van der Waals surface area (Å²) in [7, 11) is -6.27. The van der Waals surface area contributed by atoms with Gasteiger partial charge in [-0.3, -0.25) is 0 Å². The van der Waals surface area contributed by atoms with E-state index in [1.54, 1.807) is 0 Å². The number of hydrogen-bond acceptors (Lipinski definition) is 3. The molecule has 1 saturated heterocycles. The molecule has 1 aliphatic rings. The third-order valence-electron chi connectivity index (χ3n) is 1.26. The lowest BCUT2D eigenvalue weighted by molar-refractivity contribution is -0.323. The van der Waals surface area contributed by atoms with E-state index in [0.717, 1.165) is 0 Å². The van der Waals surface area contributed by atoms with E-state index in [1.807, 2.05) is 0 Å². The van der Waals surface area contributed by atoms with Gasteiger partial charge in [-0.1, -0.05) is 0 Å². The van der Waals surface area contributed by atoms with Crippen molar-refractivity contribution in [3.8, 4) is 0 Å². The van der Waals surface area contributed by atoms with Gasteiger partial charge in [0.15, 0.2) is 0 Å². The summed E-state index contributed by atoms with van der Waals surface area (Å²) in [5, 5.41) is -5.91. The molecule has 1 rings (SSSR count). The van der Waals surface area contributed by atoms with Gasteiger partial charge < -0.3 is 0 Å². The molecule has 0 atom stereocenters. The fourth-order valence-electron chi connectivity index (χ4n) is 0.569. The lowest BCUT2D eigenvalue weighted by Gasteiger charge is -2.17. The Morgan fingerprint density at radius 1 is 0.923 bits per heavy atom. The standard InChI is InChI=1S/C3F6O3S/c4-1(5)2(6,7)12-13(10,11)3(1,8)9. The Morgan fingerprint density at radius 2 is 1.31 bits per heavy atom. The topological polar surface area (TPSA) is 43.4 Å². The van der Waals surface area contributed by atoms with Crippen molar-refractivity contribution in [3.05, 3.63) is 0 Å². The molecule has 1 aliphatic heterocycles. The highest BCUT2D eigenvalue weighted by Crippen LogP contribution is 2.56. The molecule has 3 nitrogen and oxygen atoms in total. The Hall–Kier alpha value is -0.510. The summed E-state index contributed by atoms with van der Waals surface area (Å²) in [5.74, 6) is -6.06. The van der Waals surface area contributed by atoms with E-state index in [9.17, 15) is 34.8 Å². The first kappa shape index (κ1) is 10.6. The maximum atomic E-state index is 12.1. The minimum atomic E-state index is -6.27. The third-order valence-corrected chi connectivity index (χ3v) is 2.57. The maximum absolute atomic E-state index is 12.1. The molecule has 0 radical (unpaired) electrons. The van der Waals surface area contributed by atoms with E-state index in [2.05, 4.69) is 4.18 Å². The predicted molar refractivity (Wildman–Crippen MR) is 24.8 cm³/mol. The van der Waals surface area contributed by atoms with Crippen molar-refractivity contribution in [2.75, 3.05) is 0 Å². The van der Waals surface area contributed by atoms with E-state index >= 15 is 0 Å². The fraction of sp³-hybridized carbons (Fsp3) is 1.00. The zero-order valence-electron chi connectivity index (χ0n) is 5.40. The van der Waals surface area contributed by atoms with Crippen LogP contribution in [0.25, 0.3) is 0 Å². The summed E-state index contributed by atoms with van der Waals surface area (Å²) in [6, 6.07) is 0. The average Bonchev–Trinajstić information content (AvgIpc) is 1.88. The Balaban J connectivity index is 3.42. The van der Waals surface area contributed by atoms with E-state index < -0.39 is 27.4 Å². The van der Waals surface area contributed by atoms with Crippen molar-refractivity contribution in [1.82, 2.24) is 0 Å². The van der Waals surface area contributed by atoms with Crippen LogP contribution in [0.4, 0.5) is 26.3 Å². The molecule has 78 valence electrons. The van der Waals surface area contributed by atoms with Gasteiger partial charge in [0, 0.05) is 0 Å². The lowest BCUT2D eigenvalue weighted by atomic mass is 10.3. The molecule has 0 aliphatic carbocycles. The van der Waals surface area contributed by atoms with Crippen LogP contribution in [0.15, 0.2) is 0 Å². The number of halogens is 6. The summed E-state index contributed by atoms with van der Waals surface area (Å²) >= 11 is 0. The van der Waals surface area contributed by atoms with Gasteiger partial charge in [0.05, 0.1) is 0 Å². The molecule has 1 heterocycles. The van der Waals surface area contributed by atoms with Crippen LogP contribution in [0, 0.1) is 0 Å². The maximum Gasteiger partial charge on any atom is 0.441 e. The molecule has 0 N–H and O–H groups in total. The van der Waals surface area contributed by atoms with Gasteiger partial charge >= 0.3 is 27.4 Å². The van der Waals surface area contributed by atoms with Gasteiger partial charge in [0.25, 0.3) is 0 Å². The largest absolute Gasteiger partial charge is 0.441 e. The molecule has 0 saturated carbocycles. The van der Waals surface area contributed by atoms with Gasteiger partial charge in [0.2, 0.25) is 0 Å². The van der Waals surface area contributed by atoms with Crippen molar-refractivity contribution in [2.24, 2.45) is 0 Å². The quantitative estimate of drug-likeness (QED) is 0.463. The van der Waals surface area contributed by atoms with Crippen molar-refractivity contribution in [2.45, 2.75) is 17.3 Å². The minimum Gasteiger partial charge on any atom is -0.192 e. The van der Waals surface area contributed by atoms with Crippen LogP contribution in [0.5, 0.6) is 0 Å². The highest BCUT2D eigenvalue weighted by Gasteiger charge is 2.87. The highest BCUT2D eigenvalue weighted by molar-refractivity contribution is 7.88. The van der Waals surface area contributed by atoms with Crippen molar-refractivity contribution >= 4 is 10.1 Å². The zero-order chi connectivity index (χ0) is 10.7. The van der Waals surface area contributed by atoms with Crippen LogP contribution < -0.4 is 0 Å². The third kappa shape index (κ3) is 0.980. The number of rotatable bonds is 0. The molecule has 0 aromatic rings. The molecule has 0 spiro atoms. The molecule has 0 aromatic carbocycles. The van der Waals surface area contributed by atoms with Crippen LogP contribution in [-0.2, 0) is 14.3 Å². The molecule has 0 aromatic heterocycles. The number of hydrogen-bond donors (Lipinski definition) is 0. The van der Waals surface area contributed by atoms with E-state index in [0.29, 0.717) is 0 Å². The first-order chi connectivity index (χ1) is 5.46. The average molecular weight is 230 g/mol.